The molecule has 2 amide bonds. The first-order valence-electron chi connectivity index (χ1n) is 12.4. The van der Waals surface area contributed by atoms with Gasteiger partial charge in [-0.15, -0.1) is 0 Å². The number of benzene rings is 3. The van der Waals surface area contributed by atoms with Crippen LogP contribution in [-0.2, 0) is 16.0 Å². The quantitative estimate of drug-likeness (QED) is 0.524. The molecule has 0 bridgehead atoms. The van der Waals surface area contributed by atoms with Crippen molar-refractivity contribution in [2.45, 2.75) is 37.6 Å². The number of halogens is 1. The fraction of sp³-hybridized carbons (Fsp3) is 0.333. The summed E-state index contributed by atoms with van der Waals surface area (Å²) in [6, 6.07) is 26.5. The Morgan fingerprint density at radius 1 is 0.943 bits per heavy atom. The highest BCUT2D eigenvalue weighted by molar-refractivity contribution is 5.89. The van der Waals surface area contributed by atoms with E-state index in [4.69, 9.17) is 0 Å². The Kier molecular flexibility index (Phi) is 6.42. The average Bonchev–Trinajstić information content (AvgIpc) is 3.10. The fourth-order valence-electron chi connectivity index (χ4n) is 5.88. The molecule has 0 saturated carbocycles. The molecule has 0 radical (unpaired) electrons. The number of piperidine rings is 1. The largest absolute Gasteiger partial charge is 0.342 e. The summed E-state index contributed by atoms with van der Waals surface area (Å²) in [7, 11) is 1.86. The lowest BCUT2D eigenvalue weighted by molar-refractivity contribution is -0.142. The van der Waals surface area contributed by atoms with Crippen LogP contribution in [0, 0.1) is 11.2 Å². The van der Waals surface area contributed by atoms with Crippen molar-refractivity contribution in [1.82, 2.24) is 9.80 Å². The first kappa shape index (κ1) is 23.3. The molecule has 5 heteroatoms. The molecule has 1 spiro atoms. The van der Waals surface area contributed by atoms with E-state index in [1.807, 2.05) is 83.6 Å². The third-order valence-corrected chi connectivity index (χ3v) is 7.85. The van der Waals surface area contributed by atoms with Crippen LogP contribution in [0.5, 0.6) is 0 Å². The molecule has 2 aliphatic heterocycles. The fourth-order valence-corrected chi connectivity index (χ4v) is 5.88. The number of nitrogens with zero attached hydrogens (tertiary/aromatic N) is 2. The normalized spacial score (nSPS) is 19.5. The van der Waals surface area contributed by atoms with Gasteiger partial charge in [0.2, 0.25) is 11.8 Å². The summed E-state index contributed by atoms with van der Waals surface area (Å²) in [6.07, 6.45) is 2.73. The van der Waals surface area contributed by atoms with E-state index in [0.717, 1.165) is 23.1 Å². The van der Waals surface area contributed by atoms with E-state index in [1.54, 1.807) is 12.1 Å². The Bertz CT molecular complexity index is 1150. The van der Waals surface area contributed by atoms with Gasteiger partial charge in [-0.05, 0) is 54.5 Å². The number of rotatable bonds is 5. The summed E-state index contributed by atoms with van der Waals surface area (Å²) in [5, 5.41) is 0. The smallest absolute Gasteiger partial charge is 0.234 e. The van der Waals surface area contributed by atoms with Crippen molar-refractivity contribution in [3.8, 4) is 0 Å². The van der Waals surface area contributed by atoms with Gasteiger partial charge in [-0.3, -0.25) is 9.59 Å². The molecule has 3 aromatic rings. The molecule has 0 aromatic heterocycles. The van der Waals surface area contributed by atoms with E-state index < -0.39 is 5.41 Å². The lowest BCUT2D eigenvalue weighted by Crippen LogP contribution is -2.47. The second-order valence-electron chi connectivity index (χ2n) is 9.97. The number of carbonyl (C=O) groups excluding carboxylic acids is 2. The SMILES string of the molecule is CN1C(=O)C2(CCN(C(=O)C(c3ccccc3)c3ccccc3)CC2)C[C@H]1Cc1cccc(F)c1. The van der Waals surface area contributed by atoms with E-state index in [1.165, 1.54) is 6.07 Å². The molecule has 2 aliphatic rings. The van der Waals surface area contributed by atoms with Crippen molar-refractivity contribution in [1.29, 1.82) is 0 Å². The molecule has 35 heavy (non-hydrogen) atoms. The number of hydrogen-bond donors (Lipinski definition) is 0. The summed E-state index contributed by atoms with van der Waals surface area (Å²) in [5.41, 5.74) is 2.44. The third kappa shape index (κ3) is 4.60. The molecular formula is C30H31FN2O2. The van der Waals surface area contributed by atoms with Crippen LogP contribution in [0.25, 0.3) is 0 Å². The number of likely N-dealkylation sites (tertiary alicyclic amines) is 2. The second-order valence-corrected chi connectivity index (χ2v) is 9.97. The van der Waals surface area contributed by atoms with Crippen LogP contribution in [0.15, 0.2) is 84.9 Å². The second kappa shape index (κ2) is 9.65. The highest BCUT2D eigenvalue weighted by Gasteiger charge is 2.51. The van der Waals surface area contributed by atoms with Crippen LogP contribution in [0.4, 0.5) is 4.39 Å². The number of amides is 2. The summed E-state index contributed by atoms with van der Waals surface area (Å²) in [4.78, 5) is 30.9. The van der Waals surface area contributed by atoms with Gasteiger partial charge in [-0.1, -0.05) is 72.8 Å². The molecule has 2 heterocycles. The highest BCUT2D eigenvalue weighted by atomic mass is 19.1. The predicted octanol–water partition coefficient (Wildman–Crippen LogP) is 5.04. The standard InChI is InChI=1S/C30H31FN2O2/c1-32-26(20-22-9-8-14-25(31)19-22)21-30(29(32)35)15-17-33(18-16-30)28(34)27(23-10-4-2-5-11-23)24-12-6-3-7-13-24/h2-14,19,26-27H,15-18,20-21H2,1H3/t26-/m1/s1. The molecule has 3 aromatic carbocycles. The van der Waals surface area contributed by atoms with Gasteiger partial charge in [-0.25, -0.2) is 4.39 Å². The minimum atomic E-state index is -0.432. The van der Waals surface area contributed by atoms with Crippen LogP contribution >= 0.6 is 0 Å². The molecule has 1 atom stereocenters. The maximum absolute atomic E-state index is 13.8. The minimum Gasteiger partial charge on any atom is -0.342 e. The maximum atomic E-state index is 13.8. The van der Waals surface area contributed by atoms with Gasteiger partial charge >= 0.3 is 0 Å². The molecule has 0 aliphatic carbocycles. The highest BCUT2D eigenvalue weighted by Crippen LogP contribution is 2.45. The molecular weight excluding hydrogens is 439 g/mol. The van der Waals surface area contributed by atoms with E-state index in [0.29, 0.717) is 32.4 Å². The monoisotopic (exact) mass is 470 g/mol. The number of carbonyl (C=O) groups is 2. The Balaban J connectivity index is 1.31. The topological polar surface area (TPSA) is 40.6 Å². The van der Waals surface area contributed by atoms with Crippen molar-refractivity contribution in [2.24, 2.45) is 5.41 Å². The average molecular weight is 471 g/mol. The molecule has 4 nitrogen and oxygen atoms in total. The summed E-state index contributed by atoms with van der Waals surface area (Å²) in [5.74, 6) is -0.349. The third-order valence-electron chi connectivity index (χ3n) is 7.85. The molecule has 0 N–H and O–H groups in total. The van der Waals surface area contributed by atoms with Gasteiger partial charge in [0, 0.05) is 26.2 Å². The Hall–Kier alpha value is -3.47. The molecule has 2 saturated heterocycles. The number of likely N-dealkylation sites (N-methyl/N-ethyl adjacent to an activating group) is 1. The zero-order valence-electron chi connectivity index (χ0n) is 20.1. The lowest BCUT2D eigenvalue weighted by atomic mass is 9.75. The molecule has 5 rings (SSSR count). The summed E-state index contributed by atoms with van der Waals surface area (Å²) in [6.45, 7) is 1.14. The number of hydrogen-bond acceptors (Lipinski definition) is 2. The molecule has 180 valence electrons. The van der Waals surface area contributed by atoms with Crippen LogP contribution < -0.4 is 0 Å². The molecule has 0 unspecified atom stereocenters. The maximum Gasteiger partial charge on any atom is 0.234 e. The van der Waals surface area contributed by atoms with Crippen LogP contribution in [-0.4, -0.2) is 47.8 Å². The summed E-state index contributed by atoms with van der Waals surface area (Å²) < 4.78 is 13.7. The van der Waals surface area contributed by atoms with Gasteiger partial charge in [0.15, 0.2) is 0 Å². The Morgan fingerprint density at radius 3 is 2.11 bits per heavy atom. The van der Waals surface area contributed by atoms with E-state index in [2.05, 4.69) is 0 Å². The van der Waals surface area contributed by atoms with E-state index in [-0.39, 0.29) is 29.6 Å². The van der Waals surface area contributed by atoms with Crippen molar-refractivity contribution in [3.05, 3.63) is 107 Å². The van der Waals surface area contributed by atoms with Crippen LogP contribution in [0.3, 0.4) is 0 Å². The van der Waals surface area contributed by atoms with Crippen molar-refractivity contribution >= 4 is 11.8 Å². The summed E-state index contributed by atoms with van der Waals surface area (Å²) >= 11 is 0. The van der Waals surface area contributed by atoms with Gasteiger partial charge in [-0.2, -0.15) is 0 Å². The van der Waals surface area contributed by atoms with E-state index in [9.17, 15) is 14.0 Å². The van der Waals surface area contributed by atoms with Crippen LogP contribution in [0.2, 0.25) is 0 Å². The first-order valence-corrected chi connectivity index (χ1v) is 12.4. The van der Waals surface area contributed by atoms with Crippen molar-refractivity contribution < 1.29 is 14.0 Å². The van der Waals surface area contributed by atoms with Crippen molar-refractivity contribution in [2.75, 3.05) is 20.1 Å². The van der Waals surface area contributed by atoms with E-state index >= 15 is 0 Å². The van der Waals surface area contributed by atoms with Gasteiger partial charge in [0.05, 0.1) is 11.3 Å². The van der Waals surface area contributed by atoms with Gasteiger partial charge in [0.1, 0.15) is 5.82 Å². The van der Waals surface area contributed by atoms with Gasteiger partial charge in [0.25, 0.3) is 0 Å². The molecule has 2 fully saturated rings. The predicted molar refractivity (Wildman–Crippen MR) is 134 cm³/mol. The zero-order chi connectivity index (χ0) is 24.4. The minimum absolute atomic E-state index is 0.0490. The van der Waals surface area contributed by atoms with Crippen molar-refractivity contribution in [3.63, 3.8) is 0 Å². The van der Waals surface area contributed by atoms with Gasteiger partial charge < -0.3 is 9.80 Å². The zero-order valence-corrected chi connectivity index (χ0v) is 20.1. The Morgan fingerprint density at radius 2 is 1.54 bits per heavy atom. The Labute approximate surface area is 206 Å². The van der Waals surface area contributed by atoms with Crippen LogP contribution in [0.1, 0.15) is 41.9 Å². The lowest BCUT2D eigenvalue weighted by Gasteiger charge is -2.39. The first-order chi connectivity index (χ1) is 17.0.